The van der Waals surface area contributed by atoms with Crippen molar-refractivity contribution >= 4 is 17.1 Å². The summed E-state index contributed by atoms with van der Waals surface area (Å²) in [5.41, 5.74) is -0.215. The molecule has 0 radical (unpaired) electrons. The van der Waals surface area contributed by atoms with Crippen molar-refractivity contribution in [1.82, 2.24) is 0 Å². The predicted molar refractivity (Wildman–Crippen MR) is 90.6 cm³/mol. The van der Waals surface area contributed by atoms with Crippen molar-refractivity contribution in [3.8, 4) is 5.75 Å². The van der Waals surface area contributed by atoms with Gasteiger partial charge in [-0.3, -0.25) is 14.0 Å². The van der Waals surface area contributed by atoms with Crippen molar-refractivity contribution in [2.24, 2.45) is 5.41 Å². The summed E-state index contributed by atoms with van der Waals surface area (Å²) >= 11 is 0. The van der Waals surface area contributed by atoms with Gasteiger partial charge in [0.05, 0.1) is 18.7 Å². The van der Waals surface area contributed by atoms with E-state index in [1.165, 1.54) is 12.1 Å². The lowest BCUT2D eigenvalue weighted by Gasteiger charge is -2.29. The first-order valence-corrected chi connectivity index (χ1v) is 8.92. The smallest absolute Gasteiger partial charge is 0.201 e. The zero-order chi connectivity index (χ0) is 18.7. The van der Waals surface area contributed by atoms with Crippen LogP contribution in [-0.2, 0) is 9.59 Å². The van der Waals surface area contributed by atoms with Crippen LogP contribution in [0.4, 0.5) is 13.2 Å². The molecule has 2 aliphatic carbocycles. The SMILES string of the molecule is O=C1CCC(=O)C12CC=C(c1ccc(OCCCCF)c(F)c1F)CC2. The largest absolute Gasteiger partial charge is 0.490 e. The average Bonchev–Trinajstić information content (AvgIpc) is 2.91. The first kappa shape index (κ1) is 18.7. The molecule has 1 saturated carbocycles. The van der Waals surface area contributed by atoms with Gasteiger partial charge >= 0.3 is 0 Å². The summed E-state index contributed by atoms with van der Waals surface area (Å²) in [6.45, 7) is -0.352. The molecule has 3 nitrogen and oxygen atoms in total. The minimum Gasteiger partial charge on any atom is -0.490 e. The third-order valence-electron chi connectivity index (χ3n) is 5.34. The molecule has 0 N–H and O–H groups in total. The van der Waals surface area contributed by atoms with Crippen LogP contribution in [-0.4, -0.2) is 24.8 Å². The highest BCUT2D eigenvalue weighted by molar-refractivity contribution is 6.13. The lowest BCUT2D eigenvalue weighted by molar-refractivity contribution is -0.135. The van der Waals surface area contributed by atoms with Crippen LogP contribution in [0.2, 0.25) is 0 Å². The fourth-order valence-corrected chi connectivity index (χ4v) is 3.73. The Balaban J connectivity index is 1.76. The molecule has 26 heavy (non-hydrogen) atoms. The van der Waals surface area contributed by atoms with Gasteiger partial charge in [0, 0.05) is 18.4 Å². The monoisotopic (exact) mass is 366 g/mol. The normalized spacial score (nSPS) is 19.1. The minimum atomic E-state index is -1.07. The molecule has 0 atom stereocenters. The van der Waals surface area contributed by atoms with Crippen LogP contribution in [0.15, 0.2) is 18.2 Å². The highest BCUT2D eigenvalue weighted by Crippen LogP contribution is 2.46. The topological polar surface area (TPSA) is 43.4 Å². The quantitative estimate of drug-likeness (QED) is 0.547. The van der Waals surface area contributed by atoms with Crippen LogP contribution >= 0.6 is 0 Å². The second kappa shape index (κ2) is 7.64. The number of ketones is 2. The molecule has 0 heterocycles. The molecular weight excluding hydrogens is 345 g/mol. The van der Waals surface area contributed by atoms with E-state index in [1.54, 1.807) is 6.08 Å². The molecular formula is C20H21F3O3. The summed E-state index contributed by atoms with van der Waals surface area (Å²) in [4.78, 5) is 24.2. The summed E-state index contributed by atoms with van der Waals surface area (Å²) in [6, 6.07) is 2.81. The molecule has 140 valence electrons. The summed E-state index contributed by atoms with van der Waals surface area (Å²) in [5.74, 6) is -2.35. The van der Waals surface area contributed by atoms with Crippen molar-refractivity contribution in [2.45, 2.75) is 44.9 Å². The molecule has 0 aliphatic heterocycles. The highest BCUT2D eigenvalue weighted by atomic mass is 19.2. The third-order valence-corrected chi connectivity index (χ3v) is 5.34. The molecule has 2 aliphatic rings. The lowest BCUT2D eigenvalue weighted by atomic mass is 9.71. The van der Waals surface area contributed by atoms with Gasteiger partial charge in [-0.05, 0) is 49.8 Å². The van der Waals surface area contributed by atoms with E-state index in [4.69, 9.17) is 4.74 Å². The van der Waals surface area contributed by atoms with Crippen LogP contribution in [0, 0.1) is 17.0 Å². The van der Waals surface area contributed by atoms with Gasteiger partial charge in [0.1, 0.15) is 11.6 Å². The van der Waals surface area contributed by atoms with E-state index >= 15 is 0 Å². The number of rotatable bonds is 6. The first-order chi connectivity index (χ1) is 12.5. The molecule has 3 rings (SSSR count). The van der Waals surface area contributed by atoms with E-state index in [1.807, 2.05) is 0 Å². The Morgan fingerprint density at radius 1 is 1.00 bits per heavy atom. The van der Waals surface area contributed by atoms with Gasteiger partial charge in [0.15, 0.2) is 11.6 Å². The molecule has 0 aromatic heterocycles. The van der Waals surface area contributed by atoms with Crippen molar-refractivity contribution < 1.29 is 27.5 Å². The molecule has 0 unspecified atom stereocenters. The van der Waals surface area contributed by atoms with Crippen LogP contribution in [0.25, 0.3) is 5.57 Å². The van der Waals surface area contributed by atoms with Gasteiger partial charge < -0.3 is 4.74 Å². The number of halogens is 3. The average molecular weight is 366 g/mol. The minimum absolute atomic E-state index is 0.0403. The van der Waals surface area contributed by atoms with Gasteiger partial charge in [-0.15, -0.1) is 0 Å². The lowest BCUT2D eigenvalue weighted by Crippen LogP contribution is -2.34. The number of benzene rings is 1. The van der Waals surface area contributed by atoms with E-state index in [2.05, 4.69) is 0 Å². The number of alkyl halides is 1. The third kappa shape index (κ3) is 3.29. The number of unbranched alkanes of at least 4 members (excludes halogenated alkanes) is 1. The fourth-order valence-electron chi connectivity index (χ4n) is 3.73. The van der Waals surface area contributed by atoms with Gasteiger partial charge in [0.2, 0.25) is 5.82 Å². The maximum atomic E-state index is 14.5. The maximum Gasteiger partial charge on any atom is 0.201 e. The zero-order valence-corrected chi connectivity index (χ0v) is 14.5. The van der Waals surface area contributed by atoms with Crippen molar-refractivity contribution in [2.75, 3.05) is 13.3 Å². The molecule has 0 amide bonds. The Hall–Kier alpha value is -2.11. The summed E-state index contributed by atoms with van der Waals surface area (Å²) in [6.07, 6.45) is 3.93. The molecule has 6 heteroatoms. The number of Topliss-reactive ketones (excluding diaryl/α,β-unsaturated/α-hetero) is 2. The fraction of sp³-hybridized carbons (Fsp3) is 0.500. The zero-order valence-electron chi connectivity index (χ0n) is 14.5. The second-order valence-corrected chi connectivity index (χ2v) is 6.85. The molecule has 1 fully saturated rings. The molecule has 1 spiro atoms. The van der Waals surface area contributed by atoms with Crippen molar-refractivity contribution in [3.63, 3.8) is 0 Å². The molecule has 0 bridgehead atoms. The Morgan fingerprint density at radius 2 is 1.73 bits per heavy atom. The first-order valence-electron chi connectivity index (χ1n) is 8.92. The Kier molecular flexibility index (Phi) is 5.49. The maximum absolute atomic E-state index is 14.5. The number of allylic oxidation sites excluding steroid dienone is 2. The van der Waals surface area contributed by atoms with E-state index in [9.17, 15) is 22.8 Å². The molecule has 1 aromatic carbocycles. The number of ether oxygens (including phenoxy) is 1. The molecule has 1 aromatic rings. The number of hydrogen-bond donors (Lipinski definition) is 0. The standard InChI is InChI=1S/C20H21F3O3/c21-11-1-2-12-26-15-4-3-14(18(22)19(15)23)13-7-9-20(10-8-13)16(24)5-6-17(20)25/h3-4,7H,1-2,5-6,8-12H2. The van der Waals surface area contributed by atoms with Gasteiger partial charge in [0.25, 0.3) is 0 Å². The van der Waals surface area contributed by atoms with E-state index in [0.29, 0.717) is 31.3 Å². The summed E-state index contributed by atoms with van der Waals surface area (Å²) < 4.78 is 45.9. The number of hydrogen-bond acceptors (Lipinski definition) is 3. The Morgan fingerprint density at radius 3 is 2.35 bits per heavy atom. The number of carbonyl (C=O) groups excluding carboxylic acids is 2. The van der Waals surface area contributed by atoms with Crippen LogP contribution < -0.4 is 4.74 Å². The molecule has 0 saturated heterocycles. The predicted octanol–water partition coefficient (Wildman–Crippen LogP) is 4.58. The summed E-state index contributed by atoms with van der Waals surface area (Å²) in [5, 5.41) is 0. The Bertz CT molecular complexity index is 739. The van der Waals surface area contributed by atoms with Gasteiger partial charge in [-0.25, -0.2) is 4.39 Å². The summed E-state index contributed by atoms with van der Waals surface area (Å²) in [7, 11) is 0. The second-order valence-electron chi connectivity index (χ2n) is 6.85. The Labute approximate surface area is 150 Å². The van der Waals surface area contributed by atoms with Gasteiger partial charge in [-0.1, -0.05) is 6.08 Å². The van der Waals surface area contributed by atoms with Crippen LogP contribution in [0.1, 0.15) is 50.5 Å². The van der Waals surface area contributed by atoms with E-state index in [0.717, 1.165) is 0 Å². The van der Waals surface area contributed by atoms with Crippen LogP contribution in [0.5, 0.6) is 5.75 Å². The van der Waals surface area contributed by atoms with Gasteiger partial charge in [-0.2, -0.15) is 4.39 Å². The van der Waals surface area contributed by atoms with Crippen molar-refractivity contribution in [1.29, 1.82) is 0 Å². The number of carbonyl (C=O) groups is 2. The van der Waals surface area contributed by atoms with E-state index in [-0.39, 0.29) is 48.7 Å². The highest BCUT2D eigenvalue weighted by Gasteiger charge is 2.49. The van der Waals surface area contributed by atoms with Crippen molar-refractivity contribution in [3.05, 3.63) is 35.4 Å². The van der Waals surface area contributed by atoms with E-state index < -0.39 is 23.7 Å². The van der Waals surface area contributed by atoms with Crippen LogP contribution in [0.3, 0.4) is 0 Å².